The minimum absolute atomic E-state index is 0.0883. The number of methoxy groups -OCH3 is 1. The van der Waals surface area contributed by atoms with E-state index in [4.69, 9.17) is 9.84 Å². The lowest BCUT2D eigenvalue weighted by Crippen LogP contribution is -2.31. The summed E-state index contributed by atoms with van der Waals surface area (Å²) in [4.78, 5) is 33.0. The second-order valence-electron chi connectivity index (χ2n) is 5.49. The Morgan fingerprint density at radius 1 is 1.21 bits per heavy atom. The summed E-state index contributed by atoms with van der Waals surface area (Å²) >= 11 is 0. The lowest BCUT2D eigenvalue weighted by atomic mass is 10.0. The first-order valence-corrected chi connectivity index (χ1v) is 7.61. The van der Waals surface area contributed by atoms with Crippen LogP contribution in [0.25, 0.3) is 0 Å². The van der Waals surface area contributed by atoms with Crippen molar-refractivity contribution < 1.29 is 19.4 Å². The Balaban J connectivity index is 1.87. The van der Waals surface area contributed by atoms with Crippen LogP contribution in [0.2, 0.25) is 0 Å². The van der Waals surface area contributed by atoms with Crippen molar-refractivity contribution in [1.82, 2.24) is 14.9 Å². The summed E-state index contributed by atoms with van der Waals surface area (Å²) in [5.41, 5.74) is 0.914. The van der Waals surface area contributed by atoms with Crippen LogP contribution in [-0.2, 0) is 0 Å². The van der Waals surface area contributed by atoms with E-state index in [0.29, 0.717) is 6.54 Å². The highest BCUT2D eigenvalue weighted by molar-refractivity contribution is 5.93. The van der Waals surface area contributed by atoms with Gasteiger partial charge in [-0.2, -0.15) is 0 Å². The van der Waals surface area contributed by atoms with Crippen molar-refractivity contribution in [2.45, 2.75) is 18.9 Å². The molecule has 2 aromatic rings. The van der Waals surface area contributed by atoms with Gasteiger partial charge in [0.05, 0.1) is 25.5 Å². The average Bonchev–Trinajstić information content (AvgIpc) is 3.10. The predicted octanol–water partition coefficient (Wildman–Crippen LogP) is 2.16. The highest BCUT2D eigenvalue weighted by Gasteiger charge is 2.33. The Kier molecular flexibility index (Phi) is 4.41. The van der Waals surface area contributed by atoms with Gasteiger partial charge < -0.3 is 14.7 Å². The van der Waals surface area contributed by atoms with Gasteiger partial charge in [-0.15, -0.1) is 0 Å². The summed E-state index contributed by atoms with van der Waals surface area (Å²) in [6.07, 6.45) is 4.04. The predicted molar refractivity (Wildman–Crippen MR) is 85.0 cm³/mol. The molecule has 7 nitrogen and oxygen atoms in total. The molecule has 124 valence electrons. The van der Waals surface area contributed by atoms with Gasteiger partial charge in [0.15, 0.2) is 5.69 Å². The fourth-order valence-corrected chi connectivity index (χ4v) is 2.97. The van der Waals surface area contributed by atoms with Gasteiger partial charge in [-0.25, -0.2) is 14.8 Å². The highest BCUT2D eigenvalue weighted by Crippen LogP contribution is 2.37. The number of likely N-dealkylation sites (tertiary alicyclic amines) is 1. The van der Waals surface area contributed by atoms with Crippen molar-refractivity contribution >= 4 is 11.9 Å². The maximum Gasteiger partial charge on any atom is 0.356 e. The quantitative estimate of drug-likeness (QED) is 0.925. The van der Waals surface area contributed by atoms with Gasteiger partial charge >= 0.3 is 5.97 Å². The van der Waals surface area contributed by atoms with Gasteiger partial charge in [0.1, 0.15) is 11.4 Å². The molecule has 1 unspecified atom stereocenters. The minimum Gasteiger partial charge on any atom is -0.496 e. The Labute approximate surface area is 138 Å². The molecule has 0 saturated carbocycles. The molecule has 7 heteroatoms. The van der Waals surface area contributed by atoms with Gasteiger partial charge in [-0.05, 0) is 18.9 Å². The van der Waals surface area contributed by atoms with Gasteiger partial charge in [0.2, 0.25) is 0 Å². The standard InChI is InChI=1S/C17H17N3O4/c1-24-15-7-3-2-5-11(15)14-6-4-8-20(14)16(21)12-9-19-13(10-18-12)17(22)23/h2-3,5,7,9-10,14H,4,6,8H2,1H3,(H,22,23). The molecule has 1 saturated heterocycles. The van der Waals surface area contributed by atoms with Crippen LogP contribution in [0.15, 0.2) is 36.7 Å². The Morgan fingerprint density at radius 2 is 1.92 bits per heavy atom. The molecule has 0 bridgehead atoms. The summed E-state index contributed by atoms with van der Waals surface area (Å²) in [6.45, 7) is 0.615. The monoisotopic (exact) mass is 327 g/mol. The summed E-state index contributed by atoms with van der Waals surface area (Å²) < 4.78 is 5.40. The SMILES string of the molecule is COc1ccccc1C1CCCN1C(=O)c1cnc(C(=O)O)cn1. The van der Waals surface area contributed by atoms with Gasteiger partial charge in [0.25, 0.3) is 5.91 Å². The number of aromatic nitrogens is 2. The normalized spacial score (nSPS) is 16.9. The van der Waals surface area contributed by atoms with E-state index in [0.717, 1.165) is 30.4 Å². The molecule has 2 heterocycles. The number of benzene rings is 1. The number of ether oxygens (including phenoxy) is 1. The summed E-state index contributed by atoms with van der Waals surface area (Å²) in [5, 5.41) is 8.86. The number of para-hydroxylation sites is 1. The van der Waals surface area contributed by atoms with Crippen molar-refractivity contribution in [2.24, 2.45) is 0 Å². The van der Waals surface area contributed by atoms with Crippen LogP contribution in [0, 0.1) is 0 Å². The zero-order chi connectivity index (χ0) is 17.1. The van der Waals surface area contributed by atoms with Gasteiger partial charge in [-0.1, -0.05) is 18.2 Å². The van der Waals surface area contributed by atoms with Crippen LogP contribution in [0.1, 0.15) is 45.4 Å². The minimum atomic E-state index is -1.17. The lowest BCUT2D eigenvalue weighted by molar-refractivity contribution is 0.0683. The van der Waals surface area contributed by atoms with Crippen molar-refractivity contribution in [3.8, 4) is 5.75 Å². The molecule has 1 amide bonds. The van der Waals surface area contributed by atoms with Crippen LogP contribution in [-0.4, -0.2) is 45.5 Å². The zero-order valence-electron chi connectivity index (χ0n) is 13.2. The number of carboxylic acid groups (broad SMARTS) is 1. The third-order valence-corrected chi connectivity index (χ3v) is 4.10. The molecular weight excluding hydrogens is 310 g/mol. The fraction of sp³-hybridized carbons (Fsp3) is 0.294. The molecule has 0 radical (unpaired) electrons. The second kappa shape index (κ2) is 6.66. The maximum absolute atomic E-state index is 12.7. The van der Waals surface area contributed by atoms with E-state index in [1.54, 1.807) is 12.0 Å². The van der Waals surface area contributed by atoms with E-state index in [1.165, 1.54) is 6.20 Å². The number of nitrogens with zero attached hydrogens (tertiary/aromatic N) is 3. The molecule has 1 N–H and O–H groups in total. The largest absolute Gasteiger partial charge is 0.496 e. The summed E-state index contributed by atoms with van der Waals surface area (Å²) in [5.74, 6) is -0.683. The fourth-order valence-electron chi connectivity index (χ4n) is 2.97. The van der Waals surface area contributed by atoms with E-state index >= 15 is 0 Å². The Hall–Kier alpha value is -2.96. The number of amides is 1. The van der Waals surface area contributed by atoms with E-state index in [2.05, 4.69) is 9.97 Å². The van der Waals surface area contributed by atoms with E-state index < -0.39 is 5.97 Å². The molecule has 24 heavy (non-hydrogen) atoms. The molecule has 1 aliphatic heterocycles. The zero-order valence-corrected chi connectivity index (χ0v) is 13.2. The first-order valence-electron chi connectivity index (χ1n) is 7.61. The van der Waals surface area contributed by atoms with Crippen LogP contribution < -0.4 is 4.74 Å². The maximum atomic E-state index is 12.7. The number of carbonyl (C=O) groups excluding carboxylic acids is 1. The summed E-state index contributed by atoms with van der Waals surface area (Å²) in [6, 6.07) is 7.54. The third kappa shape index (κ3) is 2.92. The van der Waals surface area contributed by atoms with Gasteiger partial charge in [-0.3, -0.25) is 4.79 Å². The molecule has 1 fully saturated rings. The van der Waals surface area contributed by atoms with Crippen LogP contribution in [0.5, 0.6) is 5.75 Å². The lowest BCUT2D eigenvalue weighted by Gasteiger charge is -2.26. The Bertz CT molecular complexity index is 761. The Morgan fingerprint density at radius 3 is 2.58 bits per heavy atom. The smallest absolute Gasteiger partial charge is 0.356 e. The summed E-state index contributed by atoms with van der Waals surface area (Å²) in [7, 11) is 1.61. The topological polar surface area (TPSA) is 92.6 Å². The number of rotatable bonds is 4. The average molecular weight is 327 g/mol. The number of carbonyl (C=O) groups is 2. The van der Waals surface area contributed by atoms with E-state index in [-0.39, 0.29) is 23.3 Å². The first kappa shape index (κ1) is 15.9. The molecule has 3 rings (SSSR count). The number of aromatic carboxylic acids is 1. The molecular formula is C17H17N3O4. The molecule has 1 aromatic heterocycles. The molecule has 0 aliphatic carbocycles. The highest BCUT2D eigenvalue weighted by atomic mass is 16.5. The molecule has 0 spiro atoms. The van der Waals surface area contributed by atoms with Crippen molar-refractivity contribution in [1.29, 1.82) is 0 Å². The molecule has 1 atom stereocenters. The van der Waals surface area contributed by atoms with Crippen LogP contribution in [0.3, 0.4) is 0 Å². The molecule has 1 aliphatic rings. The number of hydrogen-bond acceptors (Lipinski definition) is 5. The van der Waals surface area contributed by atoms with E-state index in [1.807, 2.05) is 24.3 Å². The van der Waals surface area contributed by atoms with Crippen molar-refractivity contribution in [3.05, 3.63) is 53.6 Å². The first-order chi connectivity index (χ1) is 11.6. The van der Waals surface area contributed by atoms with Crippen LogP contribution in [0.4, 0.5) is 0 Å². The van der Waals surface area contributed by atoms with Gasteiger partial charge in [0, 0.05) is 12.1 Å². The molecule has 1 aromatic carbocycles. The third-order valence-electron chi connectivity index (χ3n) is 4.10. The number of carboxylic acids is 1. The van der Waals surface area contributed by atoms with Crippen LogP contribution >= 0.6 is 0 Å². The second-order valence-corrected chi connectivity index (χ2v) is 5.49. The van der Waals surface area contributed by atoms with Crippen molar-refractivity contribution in [3.63, 3.8) is 0 Å². The van der Waals surface area contributed by atoms with Crippen molar-refractivity contribution in [2.75, 3.05) is 13.7 Å². The van der Waals surface area contributed by atoms with E-state index in [9.17, 15) is 9.59 Å². The number of hydrogen-bond donors (Lipinski definition) is 1.